The summed E-state index contributed by atoms with van der Waals surface area (Å²) in [5.41, 5.74) is -0.852. The average Bonchev–Trinajstić information content (AvgIpc) is 3.81. The number of ketones is 2. The number of hydrogen-bond acceptors (Lipinski definition) is 15. The molecule has 0 amide bonds. The third-order valence-electron chi connectivity index (χ3n) is 6.94. The number of Topliss-reactive ketones (excluding diaryl/α,β-unsaturated/α-hetero) is 1. The lowest BCUT2D eigenvalue weighted by Crippen LogP contribution is -2.43. The quantitative estimate of drug-likeness (QED) is 0.0465. The molecular formula is C28H37N5O17. The fourth-order valence-electron chi connectivity index (χ4n) is 4.47. The van der Waals surface area contributed by atoms with Gasteiger partial charge < -0.3 is 55.6 Å². The van der Waals surface area contributed by atoms with Gasteiger partial charge in [-0.3, -0.25) is 48.2 Å². The lowest BCUT2D eigenvalue weighted by Gasteiger charge is -2.23. The van der Waals surface area contributed by atoms with Crippen molar-refractivity contribution in [1.82, 2.24) is 24.5 Å². The minimum absolute atomic E-state index is 0.00546. The van der Waals surface area contributed by atoms with E-state index >= 15 is 0 Å². The van der Waals surface area contributed by atoms with Gasteiger partial charge in [0.15, 0.2) is 5.60 Å². The Hall–Kier alpha value is -5.61. The Balaban J connectivity index is 0.000000266. The lowest BCUT2D eigenvalue weighted by molar-refractivity contribution is -0.170. The molecular weight excluding hydrogens is 678 g/mol. The summed E-state index contributed by atoms with van der Waals surface area (Å²) in [5, 5.41) is 68.3. The van der Waals surface area contributed by atoms with Crippen LogP contribution in [0, 0.1) is 0 Å². The molecule has 0 aromatic heterocycles. The van der Waals surface area contributed by atoms with Gasteiger partial charge in [0.2, 0.25) is 11.6 Å². The highest BCUT2D eigenvalue weighted by molar-refractivity contribution is 6.22. The molecule has 3 heterocycles. The van der Waals surface area contributed by atoms with Crippen molar-refractivity contribution >= 4 is 53.4 Å². The van der Waals surface area contributed by atoms with E-state index in [2.05, 4.69) is 0 Å². The first-order valence-electron chi connectivity index (χ1n) is 14.7. The summed E-state index contributed by atoms with van der Waals surface area (Å²) < 4.78 is 0. The Morgan fingerprint density at radius 3 is 1.18 bits per heavy atom. The van der Waals surface area contributed by atoms with Gasteiger partial charge in [0, 0.05) is 58.4 Å². The van der Waals surface area contributed by atoms with Gasteiger partial charge in [-0.2, -0.15) is 0 Å². The molecule has 1 aliphatic carbocycles. The van der Waals surface area contributed by atoms with Gasteiger partial charge in [-0.15, -0.1) is 0 Å². The summed E-state index contributed by atoms with van der Waals surface area (Å²) in [4.78, 5) is 105. The largest absolute Gasteiger partial charge is 0.481 e. The smallest absolute Gasteiger partial charge is 0.336 e. The van der Waals surface area contributed by atoms with E-state index in [1.54, 1.807) is 0 Å². The molecule has 22 nitrogen and oxygen atoms in total. The summed E-state index contributed by atoms with van der Waals surface area (Å²) in [6.45, 7) is 3.16. The normalized spacial score (nSPS) is 16.1. The summed E-state index contributed by atoms with van der Waals surface area (Å²) in [7, 11) is 0. The molecule has 3 fully saturated rings. The highest BCUT2D eigenvalue weighted by atomic mass is 16.4. The Kier molecular flexibility index (Phi) is 14.4. The Bertz CT molecular complexity index is 1380. The first-order chi connectivity index (χ1) is 23.2. The molecule has 8 N–H and O–H groups in total. The van der Waals surface area contributed by atoms with Crippen LogP contribution in [0.5, 0.6) is 0 Å². The van der Waals surface area contributed by atoms with Gasteiger partial charge in [0.1, 0.15) is 11.4 Å². The monoisotopic (exact) mass is 715 g/mol. The lowest BCUT2D eigenvalue weighted by atomic mass is 9.96. The molecule has 50 heavy (non-hydrogen) atoms. The first-order valence-corrected chi connectivity index (χ1v) is 14.7. The summed E-state index contributed by atoms with van der Waals surface area (Å²) in [5.74, 6) is -9.88. The van der Waals surface area contributed by atoms with E-state index in [9.17, 15) is 43.2 Å². The van der Waals surface area contributed by atoms with Crippen LogP contribution in [0.25, 0.3) is 0 Å². The summed E-state index contributed by atoms with van der Waals surface area (Å²) in [6, 6.07) is 0. The van der Waals surface area contributed by atoms with Crippen LogP contribution in [0.15, 0.2) is 23.2 Å². The van der Waals surface area contributed by atoms with Crippen LogP contribution in [0.2, 0.25) is 0 Å². The highest BCUT2D eigenvalue weighted by Gasteiger charge is 2.43. The third-order valence-corrected chi connectivity index (χ3v) is 6.94. The van der Waals surface area contributed by atoms with Crippen molar-refractivity contribution in [2.45, 2.75) is 18.4 Å². The molecule has 0 atom stereocenters. The van der Waals surface area contributed by atoms with E-state index < -0.39 is 86.4 Å². The fourth-order valence-corrected chi connectivity index (χ4v) is 4.47. The number of carboxylic acids is 7. The fraction of sp³-hybridized carbons (Fsp3) is 0.536. The van der Waals surface area contributed by atoms with Gasteiger partial charge in [0.05, 0.1) is 44.7 Å². The van der Waals surface area contributed by atoms with E-state index in [-0.39, 0.29) is 24.7 Å². The number of carboxylic acid groups (broad SMARTS) is 7. The molecule has 0 spiro atoms. The number of hydrogen-bond donors (Lipinski definition) is 8. The molecule has 0 aromatic rings. The Morgan fingerprint density at radius 1 is 0.560 bits per heavy atom. The first kappa shape index (κ1) is 40.6. The van der Waals surface area contributed by atoms with Crippen molar-refractivity contribution in [2.24, 2.45) is 0 Å². The van der Waals surface area contributed by atoms with Crippen LogP contribution in [0.1, 0.15) is 12.8 Å². The second-order valence-corrected chi connectivity index (χ2v) is 11.4. The number of aliphatic carboxylic acids is 7. The third kappa shape index (κ3) is 13.9. The number of allylic oxidation sites excluding steroid dienone is 1. The number of carbonyl (C=O) groups excluding carboxylic acids is 2. The Labute approximate surface area is 282 Å². The minimum Gasteiger partial charge on any atom is -0.481 e. The van der Waals surface area contributed by atoms with Gasteiger partial charge in [-0.05, 0) is 0 Å². The molecule has 0 saturated carbocycles. The maximum Gasteiger partial charge on any atom is 0.336 e. The van der Waals surface area contributed by atoms with Crippen LogP contribution in [-0.4, -0.2) is 203 Å². The molecule has 3 saturated heterocycles. The SMILES string of the molecule is O=C(O)CC(O)(CC(=O)O)C(=O)O.O=C(O)CN(CCN(CC(=O)O)CC(=O)O)CC(=O)O.O=C1C=C(N2CC2)C(=O)C(N2CC2)=C1N1CC1. The van der Waals surface area contributed by atoms with Crippen molar-refractivity contribution in [3.63, 3.8) is 0 Å². The number of nitrogens with zero attached hydrogens (tertiary/aromatic N) is 5. The molecule has 0 unspecified atom stereocenters. The molecule has 0 radical (unpaired) electrons. The van der Waals surface area contributed by atoms with E-state index in [0.29, 0.717) is 17.1 Å². The predicted molar refractivity (Wildman–Crippen MR) is 160 cm³/mol. The van der Waals surface area contributed by atoms with Gasteiger partial charge in [-0.25, -0.2) is 4.79 Å². The number of aliphatic hydroxyl groups is 1. The Morgan fingerprint density at radius 2 is 0.900 bits per heavy atom. The van der Waals surface area contributed by atoms with Crippen LogP contribution in [0.4, 0.5) is 0 Å². The zero-order valence-corrected chi connectivity index (χ0v) is 26.5. The standard InChI is InChI=1S/C12H13N3O2.C10H16N2O8.C6H8O7/c16-9-7-8(13-1-2-13)12(17)11(15-5-6-15)10(9)14-3-4-14;13-7(14)3-11(4-8(15)16)1-2-12(5-9(17)18)6-10(19)20;7-3(8)1-6(13,5(11)12)2-4(9)10/h7H,1-6H2;1-6H2,(H,13,14)(H,15,16)(H,17,18)(H,19,20);13H,1-2H2,(H,7,8)(H,9,10)(H,11,12). The zero-order chi connectivity index (χ0) is 37.9. The maximum absolute atomic E-state index is 12.4. The summed E-state index contributed by atoms with van der Waals surface area (Å²) in [6.07, 6.45) is -0.765. The second-order valence-electron chi connectivity index (χ2n) is 11.4. The maximum atomic E-state index is 12.4. The van der Waals surface area contributed by atoms with Crippen molar-refractivity contribution in [1.29, 1.82) is 0 Å². The van der Waals surface area contributed by atoms with E-state index in [1.807, 2.05) is 14.7 Å². The van der Waals surface area contributed by atoms with E-state index in [0.717, 1.165) is 49.1 Å². The van der Waals surface area contributed by atoms with Crippen molar-refractivity contribution < 1.29 is 84.0 Å². The topological polar surface area (TPSA) is 331 Å². The second kappa shape index (κ2) is 17.7. The van der Waals surface area contributed by atoms with Crippen LogP contribution in [-0.2, 0) is 43.2 Å². The van der Waals surface area contributed by atoms with Gasteiger partial charge >= 0.3 is 41.8 Å². The molecule has 3 aliphatic heterocycles. The van der Waals surface area contributed by atoms with E-state index in [1.165, 1.54) is 6.08 Å². The van der Waals surface area contributed by atoms with Crippen LogP contribution >= 0.6 is 0 Å². The van der Waals surface area contributed by atoms with Crippen LogP contribution < -0.4 is 0 Å². The van der Waals surface area contributed by atoms with Gasteiger partial charge in [-0.1, -0.05) is 0 Å². The molecule has 0 aromatic carbocycles. The van der Waals surface area contributed by atoms with Gasteiger partial charge in [0.25, 0.3) is 0 Å². The van der Waals surface area contributed by atoms with Crippen molar-refractivity contribution in [2.75, 3.05) is 78.5 Å². The van der Waals surface area contributed by atoms with E-state index in [4.69, 9.17) is 40.9 Å². The molecule has 0 bridgehead atoms. The van der Waals surface area contributed by atoms with Crippen molar-refractivity contribution in [3.8, 4) is 0 Å². The minimum atomic E-state index is -2.74. The average molecular weight is 716 g/mol. The number of rotatable bonds is 19. The zero-order valence-electron chi connectivity index (χ0n) is 26.5. The molecule has 276 valence electrons. The number of carbonyl (C=O) groups is 9. The predicted octanol–water partition coefficient (Wildman–Crippen LogP) is -4.14. The molecule has 4 rings (SSSR count). The molecule has 4 aliphatic rings. The van der Waals surface area contributed by atoms with Crippen molar-refractivity contribution in [3.05, 3.63) is 23.2 Å². The molecule has 22 heteroatoms. The summed E-state index contributed by atoms with van der Waals surface area (Å²) >= 11 is 0. The highest BCUT2D eigenvalue weighted by Crippen LogP contribution is 2.34. The van der Waals surface area contributed by atoms with Crippen LogP contribution in [0.3, 0.4) is 0 Å².